The number of carboxylic acids is 2. The highest BCUT2D eigenvalue weighted by molar-refractivity contribution is 5.73. The number of rotatable bonds is 4. The first-order chi connectivity index (χ1) is 19.7. The normalized spacial score (nSPS) is 16.2. The molecule has 4 heterocycles. The summed E-state index contributed by atoms with van der Waals surface area (Å²) >= 11 is 0. The molecule has 1 aliphatic heterocycles. The van der Waals surface area contributed by atoms with Crippen molar-refractivity contribution in [1.29, 1.82) is 0 Å². The van der Waals surface area contributed by atoms with Gasteiger partial charge in [0.15, 0.2) is 0 Å². The molecule has 0 radical (unpaired) electrons. The molecule has 1 atom stereocenters. The van der Waals surface area contributed by atoms with E-state index in [0.717, 1.165) is 48.7 Å². The smallest absolute Gasteiger partial charge is 0.475 e. The maximum absolute atomic E-state index is 10.6. The van der Waals surface area contributed by atoms with E-state index in [4.69, 9.17) is 24.2 Å². The zero-order valence-corrected chi connectivity index (χ0v) is 21.9. The fourth-order valence-corrected chi connectivity index (χ4v) is 3.94. The van der Waals surface area contributed by atoms with Gasteiger partial charge in [-0.25, -0.2) is 14.1 Å². The molecule has 0 bridgehead atoms. The van der Waals surface area contributed by atoms with Gasteiger partial charge in [-0.1, -0.05) is 41.6 Å². The summed E-state index contributed by atoms with van der Waals surface area (Å²) in [5.41, 5.74) is 4.42. The number of hydrogen-bond acceptors (Lipinski definition) is 7. The van der Waals surface area contributed by atoms with Crippen molar-refractivity contribution in [3.05, 3.63) is 78.5 Å². The molecule has 3 aromatic heterocycles. The highest BCUT2D eigenvalue weighted by atomic mass is 19.4. The highest BCUT2D eigenvalue weighted by Gasteiger charge is 2.39. The van der Waals surface area contributed by atoms with Crippen LogP contribution >= 0.6 is 0 Å². The summed E-state index contributed by atoms with van der Waals surface area (Å²) in [4.78, 5) is 22.6. The van der Waals surface area contributed by atoms with E-state index < -0.39 is 24.3 Å². The molecule has 0 spiro atoms. The lowest BCUT2D eigenvalue weighted by molar-refractivity contribution is -0.193. The predicted octanol–water partition coefficient (Wildman–Crippen LogP) is 4.74. The number of carbonyl (C=O) groups is 2. The highest BCUT2D eigenvalue weighted by Crippen LogP contribution is 2.28. The fourth-order valence-electron chi connectivity index (χ4n) is 3.94. The number of alkyl halides is 6. The molecule has 226 valence electrons. The first kappa shape index (κ1) is 32.1. The molecule has 5 rings (SSSR count). The van der Waals surface area contributed by atoms with E-state index in [-0.39, 0.29) is 6.04 Å². The Bertz CT molecular complexity index is 1430. The van der Waals surface area contributed by atoms with Gasteiger partial charge in [0.2, 0.25) is 0 Å². The van der Waals surface area contributed by atoms with Crippen LogP contribution in [0, 0.1) is 0 Å². The number of aromatic nitrogens is 3. The number of aliphatic carboxylic acids is 2. The van der Waals surface area contributed by atoms with E-state index in [2.05, 4.69) is 69.8 Å². The average Bonchev–Trinajstić information content (AvgIpc) is 3.59. The van der Waals surface area contributed by atoms with Crippen LogP contribution in [-0.2, 0) is 16.1 Å². The van der Waals surface area contributed by atoms with Gasteiger partial charge in [0.1, 0.15) is 11.5 Å². The monoisotopic (exact) mass is 601 g/mol. The minimum absolute atomic E-state index is 0.212. The maximum Gasteiger partial charge on any atom is 0.490 e. The molecule has 16 heteroatoms. The third-order valence-electron chi connectivity index (χ3n) is 6.04. The van der Waals surface area contributed by atoms with Crippen molar-refractivity contribution >= 4 is 17.5 Å². The third kappa shape index (κ3) is 8.78. The number of fused-ring (bicyclic) bond motifs is 1. The minimum Gasteiger partial charge on any atom is -0.475 e. The van der Waals surface area contributed by atoms with Gasteiger partial charge in [-0.2, -0.15) is 26.3 Å². The maximum atomic E-state index is 10.6. The summed E-state index contributed by atoms with van der Waals surface area (Å²) in [6.07, 6.45) is -6.37. The second-order valence-corrected chi connectivity index (χ2v) is 9.01. The van der Waals surface area contributed by atoms with E-state index in [1.807, 2.05) is 22.7 Å². The summed E-state index contributed by atoms with van der Waals surface area (Å²) in [5, 5.41) is 23.2. The number of piperazine rings is 1. The van der Waals surface area contributed by atoms with Gasteiger partial charge in [-0.15, -0.1) is 5.10 Å². The lowest BCUT2D eigenvalue weighted by Gasteiger charge is -2.38. The van der Waals surface area contributed by atoms with Crippen molar-refractivity contribution in [2.24, 2.45) is 0 Å². The Morgan fingerprint density at radius 3 is 2.07 bits per heavy atom. The Morgan fingerprint density at radius 1 is 0.905 bits per heavy atom. The van der Waals surface area contributed by atoms with E-state index in [1.54, 1.807) is 6.26 Å². The first-order valence-electron chi connectivity index (χ1n) is 12.1. The van der Waals surface area contributed by atoms with Crippen LogP contribution < -0.4 is 0 Å². The van der Waals surface area contributed by atoms with E-state index in [0.29, 0.717) is 0 Å². The van der Waals surface area contributed by atoms with Crippen LogP contribution in [0.4, 0.5) is 26.3 Å². The molecule has 1 unspecified atom stereocenters. The van der Waals surface area contributed by atoms with Crippen molar-refractivity contribution in [3.8, 4) is 11.1 Å². The number of nitrogens with zero attached hydrogens (tertiary/aromatic N) is 5. The van der Waals surface area contributed by atoms with Crippen molar-refractivity contribution in [2.45, 2.75) is 24.9 Å². The lowest BCUT2D eigenvalue weighted by Crippen LogP contribution is -2.46. The molecule has 1 fully saturated rings. The molecule has 10 nitrogen and oxygen atoms in total. The molecular formula is C26H25F6N5O5. The van der Waals surface area contributed by atoms with Crippen molar-refractivity contribution in [1.82, 2.24) is 24.6 Å². The molecule has 0 aliphatic carbocycles. The van der Waals surface area contributed by atoms with Crippen molar-refractivity contribution < 1.29 is 50.6 Å². The summed E-state index contributed by atoms with van der Waals surface area (Å²) in [6.45, 7) is 3.75. The van der Waals surface area contributed by atoms with E-state index >= 15 is 0 Å². The Kier molecular flexibility index (Phi) is 10.3. The quantitative estimate of drug-likeness (QED) is 0.319. The SMILES string of the molecule is CN1CCN(Cc2ccco2)CC1c1nnn2cc(-c3ccccc3)ccc12.O=C(O)C(F)(F)F.O=C(O)C(F)(F)F. The number of hydrogen-bond donors (Lipinski definition) is 2. The lowest BCUT2D eigenvalue weighted by atomic mass is 10.1. The molecule has 0 amide bonds. The van der Waals surface area contributed by atoms with Crippen LogP contribution in [-0.4, -0.2) is 85.8 Å². The molecule has 42 heavy (non-hydrogen) atoms. The molecule has 1 aliphatic rings. The van der Waals surface area contributed by atoms with Gasteiger partial charge in [-0.05, 0) is 30.8 Å². The van der Waals surface area contributed by atoms with E-state index in [9.17, 15) is 26.3 Å². The zero-order chi connectivity index (χ0) is 31.1. The fraction of sp³-hybridized carbons (Fsp3) is 0.308. The number of pyridine rings is 1. The standard InChI is InChI=1S/C22H23N5O.2C2HF3O2/c1-25-11-12-26(15-19-8-5-13-28-19)16-21(25)22-20-10-9-18(14-27(20)24-23-22)17-6-3-2-4-7-17;2*3-2(4,5)1(6)7/h2-10,13-14,21H,11-12,15-16H2,1H3;2*(H,6,7). The third-order valence-corrected chi connectivity index (χ3v) is 6.04. The number of carboxylic acid groups (broad SMARTS) is 2. The van der Waals surface area contributed by atoms with Gasteiger partial charge in [0.25, 0.3) is 0 Å². The van der Waals surface area contributed by atoms with Gasteiger partial charge < -0.3 is 14.6 Å². The predicted molar refractivity (Wildman–Crippen MR) is 135 cm³/mol. The summed E-state index contributed by atoms with van der Waals surface area (Å²) in [7, 11) is 2.17. The number of halogens is 6. The molecule has 2 N–H and O–H groups in total. The Hall–Kier alpha value is -4.44. The van der Waals surface area contributed by atoms with Crippen LogP contribution in [0.5, 0.6) is 0 Å². The second kappa shape index (κ2) is 13.5. The van der Waals surface area contributed by atoms with Crippen LogP contribution in [0.2, 0.25) is 0 Å². The number of benzene rings is 1. The number of furan rings is 1. The van der Waals surface area contributed by atoms with Crippen LogP contribution in [0.1, 0.15) is 17.5 Å². The molecule has 0 saturated carbocycles. The van der Waals surface area contributed by atoms with E-state index in [1.165, 1.54) is 5.56 Å². The first-order valence-corrected chi connectivity index (χ1v) is 12.1. The second-order valence-electron chi connectivity index (χ2n) is 9.01. The van der Waals surface area contributed by atoms with Crippen molar-refractivity contribution in [3.63, 3.8) is 0 Å². The van der Waals surface area contributed by atoms with Crippen LogP contribution in [0.3, 0.4) is 0 Å². The van der Waals surface area contributed by atoms with Gasteiger partial charge in [0.05, 0.1) is 24.4 Å². The summed E-state index contributed by atoms with van der Waals surface area (Å²) in [6, 6.07) is 18.8. The summed E-state index contributed by atoms with van der Waals surface area (Å²) < 4.78 is 70.9. The van der Waals surface area contributed by atoms with Crippen LogP contribution in [0.25, 0.3) is 16.6 Å². The average molecular weight is 602 g/mol. The Balaban J connectivity index is 0.000000289. The van der Waals surface area contributed by atoms with Gasteiger partial charge in [0, 0.05) is 31.4 Å². The zero-order valence-electron chi connectivity index (χ0n) is 21.9. The Labute approximate surface area is 234 Å². The van der Waals surface area contributed by atoms with Gasteiger partial charge >= 0.3 is 24.3 Å². The topological polar surface area (TPSA) is 124 Å². The Morgan fingerprint density at radius 2 is 1.52 bits per heavy atom. The molecule has 1 saturated heterocycles. The molecular weight excluding hydrogens is 576 g/mol. The van der Waals surface area contributed by atoms with Gasteiger partial charge in [-0.3, -0.25) is 9.80 Å². The minimum atomic E-state index is -5.08. The molecule has 4 aromatic rings. The number of likely N-dealkylation sites (N-methyl/N-ethyl adjacent to an activating group) is 1. The largest absolute Gasteiger partial charge is 0.490 e. The summed E-state index contributed by atoms with van der Waals surface area (Å²) in [5.74, 6) is -4.51. The van der Waals surface area contributed by atoms with Crippen molar-refractivity contribution in [2.75, 3.05) is 26.7 Å². The van der Waals surface area contributed by atoms with Crippen LogP contribution in [0.15, 0.2) is 71.5 Å². The molecule has 1 aromatic carbocycles.